The quantitative estimate of drug-likeness (QED) is 0.308. The van der Waals surface area contributed by atoms with E-state index >= 15 is 0 Å². The fraction of sp³-hybridized carbons (Fsp3) is 0.409. The number of aryl methyl sites for hydroxylation is 1. The van der Waals surface area contributed by atoms with Gasteiger partial charge in [-0.2, -0.15) is 0 Å². The number of amides is 1. The van der Waals surface area contributed by atoms with Crippen molar-refractivity contribution in [2.75, 3.05) is 13.7 Å². The van der Waals surface area contributed by atoms with Crippen LogP contribution < -0.4 is 14.8 Å². The number of aromatic nitrogens is 1. The van der Waals surface area contributed by atoms with Crippen LogP contribution in [0.15, 0.2) is 30.5 Å². The van der Waals surface area contributed by atoms with Gasteiger partial charge in [0.15, 0.2) is 17.2 Å². The van der Waals surface area contributed by atoms with Gasteiger partial charge in [-0.1, -0.05) is 36.9 Å². The average molecular weight is 435 g/mol. The molecule has 0 fully saturated rings. The largest absolute Gasteiger partial charge is 0.503 e. The molecule has 2 rings (SSSR count). The van der Waals surface area contributed by atoms with Crippen molar-refractivity contribution < 1.29 is 24.2 Å². The minimum absolute atomic E-state index is 0.0530. The smallest absolute Gasteiger partial charge is 0.311 e. The Morgan fingerprint density at radius 1 is 1.13 bits per heavy atom. The lowest BCUT2D eigenvalue weighted by Crippen LogP contribution is -2.25. The van der Waals surface area contributed by atoms with Gasteiger partial charge in [0.2, 0.25) is 0 Å². The first kappa shape index (κ1) is 23.5. The van der Waals surface area contributed by atoms with Crippen LogP contribution in [0.1, 0.15) is 54.6 Å². The highest BCUT2D eigenvalue weighted by molar-refractivity contribution is 6.31. The second-order valence-electron chi connectivity index (χ2n) is 6.87. The molecule has 0 radical (unpaired) electrons. The third-order valence-corrected chi connectivity index (χ3v) is 4.95. The summed E-state index contributed by atoms with van der Waals surface area (Å²) in [6.45, 7) is 2.37. The number of hydrogen-bond acceptors (Lipinski definition) is 6. The molecule has 0 aliphatic heterocycles. The van der Waals surface area contributed by atoms with Crippen LogP contribution in [-0.2, 0) is 4.79 Å². The zero-order valence-electron chi connectivity index (χ0n) is 17.2. The van der Waals surface area contributed by atoms with Crippen molar-refractivity contribution in [3.8, 4) is 17.2 Å². The van der Waals surface area contributed by atoms with Crippen molar-refractivity contribution >= 4 is 23.5 Å². The fourth-order valence-electron chi connectivity index (χ4n) is 2.80. The van der Waals surface area contributed by atoms with Crippen molar-refractivity contribution in [3.05, 3.63) is 46.7 Å². The third-order valence-electron chi connectivity index (χ3n) is 4.54. The number of esters is 1. The number of halogens is 1. The number of aromatic hydroxyl groups is 1. The van der Waals surface area contributed by atoms with Gasteiger partial charge >= 0.3 is 5.97 Å². The van der Waals surface area contributed by atoms with Gasteiger partial charge in [-0.3, -0.25) is 9.59 Å². The van der Waals surface area contributed by atoms with Gasteiger partial charge in [0.05, 0.1) is 7.11 Å². The van der Waals surface area contributed by atoms with E-state index in [1.807, 2.05) is 13.0 Å². The van der Waals surface area contributed by atoms with E-state index in [2.05, 4.69) is 10.3 Å². The number of benzene rings is 1. The number of hydrogen-bond donors (Lipinski definition) is 2. The molecule has 7 nitrogen and oxygen atoms in total. The Balaban J connectivity index is 1.56. The van der Waals surface area contributed by atoms with Crippen LogP contribution in [0.25, 0.3) is 0 Å². The van der Waals surface area contributed by atoms with E-state index in [4.69, 9.17) is 21.1 Å². The molecule has 0 spiro atoms. The lowest BCUT2D eigenvalue weighted by atomic mass is 10.1. The molecule has 0 atom stereocenters. The maximum atomic E-state index is 12.1. The summed E-state index contributed by atoms with van der Waals surface area (Å²) < 4.78 is 10.3. The second-order valence-corrected chi connectivity index (χ2v) is 7.28. The number of rotatable bonds is 11. The summed E-state index contributed by atoms with van der Waals surface area (Å²) in [5.74, 6) is -0.308. The van der Waals surface area contributed by atoms with Crippen molar-refractivity contribution in [3.63, 3.8) is 0 Å². The van der Waals surface area contributed by atoms with E-state index in [1.54, 1.807) is 12.1 Å². The predicted octanol–water partition coefficient (Wildman–Crippen LogP) is 4.43. The lowest BCUT2D eigenvalue weighted by molar-refractivity contribution is -0.134. The summed E-state index contributed by atoms with van der Waals surface area (Å²) >= 11 is 6.02. The van der Waals surface area contributed by atoms with Crippen molar-refractivity contribution in [1.29, 1.82) is 0 Å². The van der Waals surface area contributed by atoms with E-state index in [1.165, 1.54) is 19.4 Å². The van der Waals surface area contributed by atoms with E-state index < -0.39 is 5.91 Å². The molecule has 0 saturated carbocycles. The third kappa shape index (κ3) is 7.22. The minimum Gasteiger partial charge on any atom is -0.503 e. The standard InChI is InChI=1S/C22H27ClN2O5/c1-15-9-10-16(14-17(15)23)30-19(26)8-6-4-3-5-7-12-25-22(28)20-21(27)18(29-2)11-13-24-20/h9-11,13-14,27H,3-8,12H2,1-2H3,(H,25,28). The highest BCUT2D eigenvalue weighted by atomic mass is 35.5. The zero-order chi connectivity index (χ0) is 21.9. The van der Waals surface area contributed by atoms with Gasteiger partial charge in [0.1, 0.15) is 5.75 Å². The topological polar surface area (TPSA) is 97.8 Å². The molecule has 0 unspecified atom stereocenters. The van der Waals surface area contributed by atoms with E-state index in [-0.39, 0.29) is 23.2 Å². The number of methoxy groups -OCH3 is 1. The van der Waals surface area contributed by atoms with Gasteiger partial charge in [-0.15, -0.1) is 0 Å². The molecule has 1 aromatic carbocycles. The predicted molar refractivity (Wildman–Crippen MR) is 114 cm³/mol. The van der Waals surface area contributed by atoms with E-state index in [0.29, 0.717) is 23.7 Å². The summed E-state index contributed by atoms with van der Waals surface area (Å²) in [6, 6.07) is 6.67. The number of carbonyl (C=O) groups excluding carboxylic acids is 2. The highest BCUT2D eigenvalue weighted by Crippen LogP contribution is 2.27. The molecule has 8 heteroatoms. The zero-order valence-corrected chi connectivity index (χ0v) is 18.0. The number of unbranched alkanes of at least 4 members (excludes halogenated alkanes) is 4. The van der Waals surface area contributed by atoms with Crippen molar-refractivity contribution in [1.82, 2.24) is 10.3 Å². The lowest BCUT2D eigenvalue weighted by Gasteiger charge is -2.08. The molecule has 0 aliphatic rings. The molecule has 1 heterocycles. The summed E-state index contributed by atoms with van der Waals surface area (Å²) in [7, 11) is 1.41. The Labute approximate surface area is 181 Å². The Morgan fingerprint density at radius 3 is 2.60 bits per heavy atom. The molecular formula is C22H27ClN2O5. The van der Waals surface area contributed by atoms with Gasteiger partial charge in [0, 0.05) is 30.3 Å². The molecule has 0 saturated heterocycles. The Bertz CT molecular complexity index is 873. The minimum atomic E-state index is -0.439. The number of nitrogens with one attached hydrogen (secondary N) is 1. The molecule has 162 valence electrons. The molecular weight excluding hydrogens is 408 g/mol. The van der Waals surface area contributed by atoms with E-state index in [0.717, 1.165) is 37.7 Å². The molecule has 1 amide bonds. The molecule has 0 aliphatic carbocycles. The van der Waals surface area contributed by atoms with Crippen LogP contribution in [0.3, 0.4) is 0 Å². The molecule has 0 bridgehead atoms. The Hall–Kier alpha value is -2.80. The van der Waals surface area contributed by atoms with Crippen LogP contribution in [0.4, 0.5) is 0 Å². The van der Waals surface area contributed by atoms with Crippen molar-refractivity contribution in [2.45, 2.75) is 45.4 Å². The van der Waals surface area contributed by atoms with Crippen LogP contribution in [0.5, 0.6) is 17.2 Å². The number of ether oxygens (including phenoxy) is 2. The summed E-state index contributed by atoms with van der Waals surface area (Å²) in [5, 5.41) is 13.2. The first-order valence-electron chi connectivity index (χ1n) is 9.89. The van der Waals surface area contributed by atoms with Crippen LogP contribution >= 0.6 is 11.6 Å². The molecule has 2 aromatic rings. The maximum Gasteiger partial charge on any atom is 0.311 e. The van der Waals surface area contributed by atoms with Gasteiger partial charge in [-0.25, -0.2) is 4.98 Å². The fourth-order valence-corrected chi connectivity index (χ4v) is 2.97. The van der Waals surface area contributed by atoms with Crippen LogP contribution in [0, 0.1) is 6.92 Å². The highest BCUT2D eigenvalue weighted by Gasteiger charge is 2.16. The first-order chi connectivity index (χ1) is 14.4. The number of pyridine rings is 1. The second kappa shape index (κ2) is 12.0. The summed E-state index contributed by atoms with van der Waals surface area (Å²) in [5.41, 5.74) is 0.881. The maximum absolute atomic E-state index is 12.1. The van der Waals surface area contributed by atoms with E-state index in [9.17, 15) is 14.7 Å². The average Bonchev–Trinajstić information content (AvgIpc) is 2.72. The monoisotopic (exact) mass is 434 g/mol. The van der Waals surface area contributed by atoms with Gasteiger partial charge < -0.3 is 19.9 Å². The molecule has 2 N–H and O–H groups in total. The molecule has 30 heavy (non-hydrogen) atoms. The Kier molecular flexibility index (Phi) is 9.41. The normalized spacial score (nSPS) is 10.5. The summed E-state index contributed by atoms with van der Waals surface area (Å²) in [4.78, 5) is 27.9. The number of nitrogens with zero attached hydrogens (tertiary/aromatic N) is 1. The molecule has 1 aromatic heterocycles. The van der Waals surface area contributed by atoms with Gasteiger partial charge in [-0.05, 0) is 37.5 Å². The SMILES string of the molecule is COc1ccnc(C(=O)NCCCCCCCC(=O)Oc2ccc(C)c(Cl)c2)c1O. The van der Waals surface area contributed by atoms with Gasteiger partial charge in [0.25, 0.3) is 5.91 Å². The summed E-state index contributed by atoms with van der Waals surface area (Å²) in [6.07, 6.45) is 6.06. The Morgan fingerprint density at radius 2 is 1.87 bits per heavy atom. The number of carbonyl (C=O) groups is 2. The van der Waals surface area contributed by atoms with Crippen molar-refractivity contribution in [2.24, 2.45) is 0 Å². The van der Waals surface area contributed by atoms with Crippen LogP contribution in [-0.4, -0.2) is 35.6 Å². The van der Waals surface area contributed by atoms with Crippen LogP contribution in [0.2, 0.25) is 5.02 Å². The first-order valence-corrected chi connectivity index (χ1v) is 10.3.